The number of aliphatic carboxylic acids is 1. The van der Waals surface area contributed by atoms with E-state index >= 15 is 0 Å². The molecule has 5 nitrogen and oxygen atoms in total. The van der Waals surface area contributed by atoms with Gasteiger partial charge in [-0.2, -0.15) is 0 Å². The zero-order valence-electron chi connectivity index (χ0n) is 10.7. The van der Waals surface area contributed by atoms with Crippen molar-refractivity contribution < 1.29 is 19.1 Å². The van der Waals surface area contributed by atoms with Gasteiger partial charge in [0.1, 0.15) is 17.1 Å². The minimum absolute atomic E-state index is 0.307. The smallest absolute Gasteiger partial charge is 0.329 e. The van der Waals surface area contributed by atoms with Crippen LogP contribution in [0.5, 0.6) is 0 Å². The van der Waals surface area contributed by atoms with Crippen LogP contribution in [0.3, 0.4) is 0 Å². The summed E-state index contributed by atoms with van der Waals surface area (Å²) in [5.74, 6) is -0.216. The average Bonchev–Trinajstić information content (AvgIpc) is 2.72. The van der Waals surface area contributed by atoms with E-state index in [9.17, 15) is 9.59 Å². The monoisotopic (exact) mass is 251 g/mol. The van der Waals surface area contributed by atoms with Crippen LogP contribution in [0.15, 0.2) is 22.6 Å². The van der Waals surface area contributed by atoms with Gasteiger partial charge in [0.25, 0.3) is 0 Å². The molecular formula is C13H17NO4. The van der Waals surface area contributed by atoms with Crippen molar-refractivity contribution in [2.45, 2.75) is 32.7 Å². The molecule has 1 atom stereocenters. The number of amides is 1. The summed E-state index contributed by atoms with van der Waals surface area (Å²) in [4.78, 5) is 22.6. The van der Waals surface area contributed by atoms with Crippen LogP contribution in [0.25, 0.3) is 6.08 Å². The van der Waals surface area contributed by atoms with Gasteiger partial charge in [0.2, 0.25) is 5.91 Å². The van der Waals surface area contributed by atoms with Crippen molar-refractivity contribution >= 4 is 18.0 Å². The number of hydrogen-bond acceptors (Lipinski definition) is 3. The SMILES string of the molecule is CCC(C)(NC(=O)C=Cc1ccc(C)o1)C(=O)O. The van der Waals surface area contributed by atoms with Crippen molar-refractivity contribution in [3.8, 4) is 0 Å². The third-order valence-corrected chi connectivity index (χ3v) is 2.74. The fourth-order valence-corrected chi connectivity index (χ4v) is 1.31. The molecule has 0 aliphatic rings. The van der Waals surface area contributed by atoms with Crippen LogP contribution in [0.4, 0.5) is 0 Å². The predicted molar refractivity (Wildman–Crippen MR) is 67.0 cm³/mol. The lowest BCUT2D eigenvalue weighted by atomic mass is 9.99. The van der Waals surface area contributed by atoms with Crippen molar-refractivity contribution in [2.75, 3.05) is 0 Å². The van der Waals surface area contributed by atoms with Gasteiger partial charge in [0.05, 0.1) is 0 Å². The van der Waals surface area contributed by atoms with E-state index in [0.29, 0.717) is 12.2 Å². The molecule has 2 N–H and O–H groups in total. The largest absolute Gasteiger partial charge is 0.480 e. The second-order valence-corrected chi connectivity index (χ2v) is 4.26. The van der Waals surface area contributed by atoms with Crippen LogP contribution < -0.4 is 5.32 Å². The van der Waals surface area contributed by atoms with Gasteiger partial charge in [-0.05, 0) is 38.5 Å². The highest BCUT2D eigenvalue weighted by Gasteiger charge is 2.31. The number of carbonyl (C=O) groups excluding carboxylic acids is 1. The minimum atomic E-state index is -1.25. The third-order valence-electron chi connectivity index (χ3n) is 2.74. The van der Waals surface area contributed by atoms with Crippen molar-refractivity contribution in [3.05, 3.63) is 29.7 Å². The molecule has 0 aromatic carbocycles. The lowest BCUT2D eigenvalue weighted by Crippen LogP contribution is -2.51. The summed E-state index contributed by atoms with van der Waals surface area (Å²) >= 11 is 0. The molecule has 0 aliphatic carbocycles. The Balaban J connectivity index is 2.67. The number of nitrogens with one attached hydrogen (secondary N) is 1. The Bertz CT molecular complexity index is 475. The Morgan fingerprint density at radius 2 is 2.17 bits per heavy atom. The molecule has 1 aromatic rings. The first-order valence-corrected chi connectivity index (χ1v) is 5.67. The van der Waals surface area contributed by atoms with Gasteiger partial charge in [0.15, 0.2) is 0 Å². The van der Waals surface area contributed by atoms with Crippen LogP contribution in [0, 0.1) is 6.92 Å². The van der Waals surface area contributed by atoms with E-state index in [0.717, 1.165) is 5.76 Å². The first-order chi connectivity index (χ1) is 8.37. The van der Waals surface area contributed by atoms with E-state index < -0.39 is 17.4 Å². The number of carbonyl (C=O) groups is 2. The molecule has 5 heteroatoms. The lowest BCUT2D eigenvalue weighted by molar-refractivity contribution is -0.146. The van der Waals surface area contributed by atoms with Crippen LogP contribution >= 0.6 is 0 Å². The Kier molecular flexibility index (Phi) is 4.31. The standard InChI is InChI=1S/C13H17NO4/c1-4-13(3,12(16)17)14-11(15)8-7-10-6-5-9(2)18-10/h5-8H,4H2,1-3H3,(H,14,15)(H,16,17). The average molecular weight is 251 g/mol. The summed E-state index contributed by atoms with van der Waals surface area (Å²) in [6.45, 7) is 4.97. The number of carboxylic acid groups (broad SMARTS) is 1. The number of furan rings is 1. The molecule has 1 rings (SSSR count). The van der Waals surface area contributed by atoms with Crippen molar-refractivity contribution in [1.29, 1.82) is 0 Å². The summed E-state index contributed by atoms with van der Waals surface area (Å²) in [7, 11) is 0. The molecule has 1 heterocycles. The maximum absolute atomic E-state index is 11.6. The molecule has 0 fully saturated rings. The van der Waals surface area contributed by atoms with Gasteiger partial charge in [0, 0.05) is 6.08 Å². The first-order valence-electron chi connectivity index (χ1n) is 5.67. The zero-order chi connectivity index (χ0) is 13.8. The van der Waals surface area contributed by atoms with Crippen LogP contribution in [0.1, 0.15) is 31.8 Å². The number of aryl methyl sites for hydroxylation is 1. The number of hydrogen-bond donors (Lipinski definition) is 2. The number of carboxylic acids is 1. The Morgan fingerprint density at radius 3 is 2.61 bits per heavy atom. The maximum Gasteiger partial charge on any atom is 0.329 e. The highest BCUT2D eigenvalue weighted by Crippen LogP contribution is 2.10. The van der Waals surface area contributed by atoms with Crippen molar-refractivity contribution in [2.24, 2.45) is 0 Å². The summed E-state index contributed by atoms with van der Waals surface area (Å²) in [5, 5.41) is 11.5. The maximum atomic E-state index is 11.6. The van der Waals surface area contributed by atoms with Crippen molar-refractivity contribution in [1.82, 2.24) is 5.32 Å². The van der Waals surface area contributed by atoms with Gasteiger partial charge in [-0.15, -0.1) is 0 Å². The van der Waals surface area contributed by atoms with Gasteiger partial charge < -0.3 is 14.8 Å². The Hall–Kier alpha value is -2.04. The molecule has 1 aromatic heterocycles. The molecule has 0 aliphatic heterocycles. The third kappa shape index (κ3) is 3.48. The van der Waals surface area contributed by atoms with E-state index in [1.165, 1.54) is 19.1 Å². The first kappa shape index (κ1) is 14.0. The van der Waals surface area contributed by atoms with E-state index in [1.54, 1.807) is 26.0 Å². The summed E-state index contributed by atoms with van der Waals surface area (Å²) in [6, 6.07) is 3.51. The molecule has 0 saturated heterocycles. The molecular weight excluding hydrogens is 234 g/mol. The minimum Gasteiger partial charge on any atom is -0.480 e. The van der Waals surface area contributed by atoms with Gasteiger partial charge in [-0.1, -0.05) is 6.92 Å². The van der Waals surface area contributed by atoms with E-state index in [1.807, 2.05) is 0 Å². The summed E-state index contributed by atoms with van der Waals surface area (Å²) < 4.78 is 5.25. The van der Waals surface area contributed by atoms with E-state index in [2.05, 4.69) is 5.32 Å². The van der Waals surface area contributed by atoms with Crippen LogP contribution in [-0.4, -0.2) is 22.5 Å². The quantitative estimate of drug-likeness (QED) is 0.784. The Morgan fingerprint density at radius 1 is 1.50 bits per heavy atom. The van der Waals surface area contributed by atoms with E-state index in [4.69, 9.17) is 9.52 Å². The molecule has 0 saturated carbocycles. The second-order valence-electron chi connectivity index (χ2n) is 4.26. The molecule has 0 spiro atoms. The van der Waals surface area contributed by atoms with Gasteiger partial charge >= 0.3 is 5.97 Å². The van der Waals surface area contributed by atoms with Crippen LogP contribution in [-0.2, 0) is 9.59 Å². The Labute approximate surface area is 105 Å². The fraction of sp³-hybridized carbons (Fsp3) is 0.385. The zero-order valence-corrected chi connectivity index (χ0v) is 10.7. The number of rotatable bonds is 5. The van der Waals surface area contributed by atoms with Crippen molar-refractivity contribution in [3.63, 3.8) is 0 Å². The van der Waals surface area contributed by atoms with E-state index in [-0.39, 0.29) is 0 Å². The summed E-state index contributed by atoms with van der Waals surface area (Å²) in [6.07, 6.45) is 3.07. The fourth-order valence-electron chi connectivity index (χ4n) is 1.31. The molecule has 1 amide bonds. The lowest BCUT2D eigenvalue weighted by Gasteiger charge is -2.23. The second kappa shape index (κ2) is 5.53. The molecule has 0 radical (unpaired) electrons. The van der Waals surface area contributed by atoms with Crippen LogP contribution in [0.2, 0.25) is 0 Å². The van der Waals surface area contributed by atoms with Gasteiger partial charge in [-0.3, -0.25) is 4.79 Å². The molecule has 1 unspecified atom stereocenters. The molecule has 0 bridgehead atoms. The summed E-state index contributed by atoms with van der Waals surface area (Å²) in [5.41, 5.74) is -1.25. The highest BCUT2D eigenvalue weighted by atomic mass is 16.4. The van der Waals surface area contributed by atoms with Gasteiger partial charge in [-0.25, -0.2) is 4.79 Å². The topological polar surface area (TPSA) is 79.5 Å². The molecule has 18 heavy (non-hydrogen) atoms. The normalized spacial score (nSPS) is 14.4. The predicted octanol–water partition coefficient (Wildman–Crippen LogP) is 1.97. The highest BCUT2D eigenvalue weighted by molar-refractivity contribution is 5.95. The molecule has 98 valence electrons.